The molecule has 0 unspecified atom stereocenters. The van der Waals surface area contributed by atoms with Crippen LogP contribution in [0.5, 0.6) is 0 Å². The molecule has 1 amide bonds. The lowest BCUT2D eigenvalue weighted by Gasteiger charge is -2.41. The van der Waals surface area contributed by atoms with Crippen LogP contribution in [0.15, 0.2) is 24.7 Å². The van der Waals surface area contributed by atoms with E-state index in [1.807, 2.05) is 17.0 Å². The topological polar surface area (TPSA) is 106 Å². The molecule has 8 nitrogen and oxygen atoms in total. The second-order valence-corrected chi connectivity index (χ2v) is 9.49. The van der Waals surface area contributed by atoms with Gasteiger partial charge in [-0.05, 0) is 38.8 Å². The van der Waals surface area contributed by atoms with Crippen LogP contribution in [0.3, 0.4) is 0 Å². The van der Waals surface area contributed by atoms with Crippen molar-refractivity contribution in [2.24, 2.45) is 5.92 Å². The lowest BCUT2D eigenvalue weighted by Crippen LogP contribution is -2.49. The van der Waals surface area contributed by atoms with Crippen molar-refractivity contribution < 1.29 is 4.79 Å². The van der Waals surface area contributed by atoms with Crippen molar-refractivity contribution >= 4 is 45.4 Å². The highest BCUT2D eigenvalue weighted by Gasteiger charge is 2.42. The zero-order chi connectivity index (χ0) is 21.5. The molecular weight excluding hydrogens is 414 g/mol. The third kappa shape index (κ3) is 2.61. The molecule has 1 fully saturated rings. The Hall–Kier alpha value is -3.13. The van der Waals surface area contributed by atoms with Crippen molar-refractivity contribution in [3.63, 3.8) is 0 Å². The van der Waals surface area contributed by atoms with Crippen molar-refractivity contribution in [1.82, 2.24) is 29.4 Å². The largest absolute Gasteiger partial charge is 0.383 e. The molecule has 4 aromatic rings. The third-order valence-corrected chi connectivity index (χ3v) is 6.79. The summed E-state index contributed by atoms with van der Waals surface area (Å²) in [7, 11) is 0. The number of anilines is 1. The number of nitrogens with zero attached hydrogens (tertiary/aromatic N) is 5. The van der Waals surface area contributed by atoms with Crippen molar-refractivity contribution in [2.45, 2.75) is 38.8 Å². The van der Waals surface area contributed by atoms with Gasteiger partial charge >= 0.3 is 0 Å². The molecule has 1 saturated carbocycles. The fourth-order valence-electron chi connectivity index (χ4n) is 4.93. The van der Waals surface area contributed by atoms with E-state index in [1.165, 1.54) is 6.33 Å². The lowest BCUT2D eigenvalue weighted by molar-refractivity contribution is -0.135. The van der Waals surface area contributed by atoms with Gasteiger partial charge in [0.25, 0.3) is 0 Å². The molecule has 158 valence electrons. The standard InChI is InChI=1S/C22H22ClN7O/c1-22(2)9-29(21(31)11-5-6-11)8-13-14(15-18(24)26-10-27-20(15)30(13)22)17-16(23)12-4-3-7-25-19(12)28-17/h3-4,7,10-11H,5-6,8-9H2,1-2H3,(H,25,28)(H2,24,26,27). The molecule has 31 heavy (non-hydrogen) atoms. The van der Waals surface area contributed by atoms with E-state index in [4.69, 9.17) is 17.3 Å². The second-order valence-electron chi connectivity index (χ2n) is 9.11. The van der Waals surface area contributed by atoms with E-state index in [0.29, 0.717) is 29.6 Å². The second kappa shape index (κ2) is 6.20. The number of aromatic nitrogens is 5. The zero-order valence-electron chi connectivity index (χ0n) is 17.3. The molecule has 4 aromatic heterocycles. The summed E-state index contributed by atoms with van der Waals surface area (Å²) in [6, 6.07) is 3.79. The predicted molar refractivity (Wildman–Crippen MR) is 120 cm³/mol. The summed E-state index contributed by atoms with van der Waals surface area (Å²) in [4.78, 5) is 31.6. The number of halogens is 1. The van der Waals surface area contributed by atoms with Gasteiger partial charge in [0.15, 0.2) is 0 Å². The van der Waals surface area contributed by atoms with E-state index < -0.39 is 0 Å². The Labute approximate surface area is 183 Å². The van der Waals surface area contributed by atoms with Crippen LogP contribution in [0.2, 0.25) is 5.02 Å². The summed E-state index contributed by atoms with van der Waals surface area (Å²) in [5.41, 5.74) is 9.99. The van der Waals surface area contributed by atoms with Crippen molar-refractivity contribution in [1.29, 1.82) is 0 Å². The molecule has 0 bridgehead atoms. The smallest absolute Gasteiger partial charge is 0.226 e. The molecule has 0 radical (unpaired) electrons. The maximum Gasteiger partial charge on any atom is 0.226 e. The SMILES string of the molecule is CC1(C)CN(C(=O)C2CC2)Cc2c(-c3[nH]c4ncccc4c3Cl)c3c(N)ncnc3n21. The van der Waals surface area contributed by atoms with Crippen LogP contribution in [0, 0.1) is 5.92 Å². The minimum Gasteiger partial charge on any atom is -0.383 e. The van der Waals surface area contributed by atoms with Gasteiger partial charge in [-0.25, -0.2) is 15.0 Å². The number of nitrogen functional groups attached to an aromatic ring is 1. The fraction of sp³-hybridized carbons (Fsp3) is 0.364. The molecule has 0 saturated heterocycles. The average Bonchev–Trinajstić information content (AvgIpc) is 3.46. The first-order valence-corrected chi connectivity index (χ1v) is 10.8. The molecular formula is C22H22ClN7O. The van der Waals surface area contributed by atoms with Gasteiger partial charge in [0.05, 0.1) is 28.2 Å². The first-order valence-electron chi connectivity index (χ1n) is 10.4. The minimum absolute atomic E-state index is 0.154. The van der Waals surface area contributed by atoms with Crippen LogP contribution in [-0.4, -0.2) is 41.9 Å². The first-order chi connectivity index (χ1) is 14.9. The summed E-state index contributed by atoms with van der Waals surface area (Å²) >= 11 is 6.83. The molecule has 9 heteroatoms. The van der Waals surface area contributed by atoms with Gasteiger partial charge in [0.2, 0.25) is 5.91 Å². The number of hydrogen-bond acceptors (Lipinski definition) is 5. The van der Waals surface area contributed by atoms with Gasteiger partial charge < -0.3 is 20.2 Å². The van der Waals surface area contributed by atoms with E-state index in [2.05, 4.69) is 38.4 Å². The van der Waals surface area contributed by atoms with E-state index in [9.17, 15) is 4.79 Å². The van der Waals surface area contributed by atoms with Crippen LogP contribution in [-0.2, 0) is 16.9 Å². The molecule has 2 aliphatic rings. The number of H-pyrrole nitrogens is 1. The van der Waals surface area contributed by atoms with Gasteiger partial charge in [-0.15, -0.1) is 0 Å². The molecule has 0 spiro atoms. The predicted octanol–water partition coefficient (Wildman–Crippen LogP) is 3.70. The maximum atomic E-state index is 13.0. The third-order valence-electron chi connectivity index (χ3n) is 6.40. The molecule has 0 atom stereocenters. The summed E-state index contributed by atoms with van der Waals surface area (Å²) in [6.45, 7) is 5.34. The normalized spacial score (nSPS) is 18.0. The fourth-order valence-corrected chi connectivity index (χ4v) is 5.23. The van der Waals surface area contributed by atoms with Gasteiger partial charge in [0.1, 0.15) is 23.4 Å². The Kier molecular flexibility index (Phi) is 3.72. The average molecular weight is 436 g/mol. The molecule has 1 aliphatic carbocycles. The number of pyridine rings is 1. The maximum absolute atomic E-state index is 13.0. The Morgan fingerprint density at radius 2 is 2.10 bits per heavy atom. The lowest BCUT2D eigenvalue weighted by atomic mass is 9.98. The van der Waals surface area contributed by atoms with Crippen LogP contribution < -0.4 is 5.73 Å². The van der Waals surface area contributed by atoms with Crippen LogP contribution >= 0.6 is 11.6 Å². The number of carbonyl (C=O) groups is 1. The number of fused-ring (bicyclic) bond motifs is 4. The number of nitrogens with two attached hydrogens (primary N) is 1. The highest BCUT2D eigenvalue weighted by atomic mass is 35.5. The molecule has 0 aromatic carbocycles. The minimum atomic E-state index is -0.369. The van der Waals surface area contributed by atoms with Gasteiger partial charge in [0, 0.05) is 35.3 Å². The number of aromatic amines is 1. The van der Waals surface area contributed by atoms with Gasteiger partial charge in [-0.2, -0.15) is 0 Å². The quantitative estimate of drug-likeness (QED) is 0.499. The molecule has 3 N–H and O–H groups in total. The van der Waals surface area contributed by atoms with E-state index in [-0.39, 0.29) is 17.4 Å². The van der Waals surface area contributed by atoms with Gasteiger partial charge in [-0.1, -0.05) is 11.6 Å². The Bertz CT molecular complexity index is 1380. The monoisotopic (exact) mass is 435 g/mol. The number of carbonyl (C=O) groups excluding carboxylic acids is 1. The zero-order valence-corrected chi connectivity index (χ0v) is 18.1. The number of rotatable bonds is 2. The van der Waals surface area contributed by atoms with Crippen molar-refractivity contribution in [2.75, 3.05) is 12.3 Å². The summed E-state index contributed by atoms with van der Waals surface area (Å²) in [6.07, 6.45) is 5.16. The highest BCUT2D eigenvalue weighted by molar-refractivity contribution is 6.38. The van der Waals surface area contributed by atoms with Crippen LogP contribution in [0.1, 0.15) is 32.4 Å². The molecule has 5 heterocycles. The van der Waals surface area contributed by atoms with E-state index in [0.717, 1.165) is 46.2 Å². The summed E-state index contributed by atoms with van der Waals surface area (Å²) in [5.74, 6) is 0.764. The summed E-state index contributed by atoms with van der Waals surface area (Å²) in [5, 5.41) is 2.16. The first kappa shape index (κ1) is 18.6. The number of nitrogens with one attached hydrogen (secondary N) is 1. The highest BCUT2D eigenvalue weighted by Crippen LogP contribution is 2.46. The molecule has 6 rings (SSSR count). The Morgan fingerprint density at radius 3 is 2.84 bits per heavy atom. The molecule has 1 aliphatic heterocycles. The van der Waals surface area contributed by atoms with Crippen LogP contribution in [0.4, 0.5) is 5.82 Å². The Morgan fingerprint density at radius 1 is 1.29 bits per heavy atom. The summed E-state index contributed by atoms with van der Waals surface area (Å²) < 4.78 is 2.20. The Balaban J connectivity index is 1.67. The van der Waals surface area contributed by atoms with Gasteiger partial charge in [-0.3, -0.25) is 4.79 Å². The number of amides is 1. The van der Waals surface area contributed by atoms with E-state index >= 15 is 0 Å². The number of hydrogen-bond donors (Lipinski definition) is 2. The van der Waals surface area contributed by atoms with Crippen molar-refractivity contribution in [3.8, 4) is 11.3 Å². The van der Waals surface area contributed by atoms with Crippen molar-refractivity contribution in [3.05, 3.63) is 35.4 Å². The van der Waals surface area contributed by atoms with E-state index in [1.54, 1.807) is 6.20 Å². The van der Waals surface area contributed by atoms with Crippen LogP contribution in [0.25, 0.3) is 33.3 Å².